The lowest BCUT2D eigenvalue weighted by molar-refractivity contribution is -0.127. The van der Waals surface area contributed by atoms with E-state index in [1.807, 2.05) is 64.2 Å². The van der Waals surface area contributed by atoms with Gasteiger partial charge in [-0.05, 0) is 81.0 Å². The lowest BCUT2D eigenvalue weighted by atomic mass is 9.59. The number of carbonyl (C=O) groups excluding carboxylic acids is 2. The average molecular weight is 625 g/mol. The van der Waals surface area contributed by atoms with Crippen LogP contribution < -0.4 is 10.2 Å². The van der Waals surface area contributed by atoms with Gasteiger partial charge in [0, 0.05) is 37.8 Å². The first-order valence-corrected chi connectivity index (χ1v) is 16.0. The third kappa shape index (κ3) is 5.88. The summed E-state index contributed by atoms with van der Waals surface area (Å²) in [6.07, 6.45) is 4.92. The minimum Gasteiger partial charge on any atom is -0.444 e. The summed E-state index contributed by atoms with van der Waals surface area (Å²) in [5.74, 6) is -0.435. The number of pyridine rings is 1. The van der Waals surface area contributed by atoms with E-state index in [4.69, 9.17) is 9.47 Å². The average Bonchev–Trinajstić information content (AvgIpc) is 2.92. The maximum absolute atomic E-state index is 13.9. The fourth-order valence-corrected chi connectivity index (χ4v) is 7.21. The molecule has 7 rings (SSSR count). The van der Waals surface area contributed by atoms with E-state index < -0.39 is 5.60 Å². The molecular formula is C37H41FN4O4. The Kier molecular flexibility index (Phi) is 7.42. The monoisotopic (exact) mass is 624 g/mol. The molecule has 0 bridgehead atoms. The molecule has 1 N–H and O–H groups in total. The van der Waals surface area contributed by atoms with E-state index in [9.17, 15) is 14.0 Å². The zero-order valence-electron chi connectivity index (χ0n) is 26.9. The molecule has 1 atom stereocenters. The molecule has 2 aromatic carbocycles. The zero-order chi connectivity index (χ0) is 32.3. The van der Waals surface area contributed by atoms with Gasteiger partial charge in [-0.15, -0.1) is 0 Å². The molecule has 3 saturated heterocycles. The van der Waals surface area contributed by atoms with Crippen LogP contribution in [-0.4, -0.2) is 66.9 Å². The van der Waals surface area contributed by atoms with Gasteiger partial charge in [0.05, 0.1) is 42.1 Å². The minimum atomic E-state index is -0.515. The van der Waals surface area contributed by atoms with Crippen molar-refractivity contribution in [2.24, 2.45) is 10.8 Å². The number of amides is 2. The molecule has 4 heterocycles. The van der Waals surface area contributed by atoms with E-state index in [-0.39, 0.29) is 34.7 Å². The number of hydrogen-bond acceptors (Lipinski definition) is 6. The third-order valence-electron chi connectivity index (χ3n) is 9.63. The summed E-state index contributed by atoms with van der Waals surface area (Å²) in [5.41, 5.74) is 6.74. The largest absolute Gasteiger partial charge is 0.444 e. The number of carbonyl (C=O) groups is 2. The molecule has 2 amide bonds. The standard InChI is InChI=1S/C37H41FN4O4/c1-24(40-33(43)28-13-31(17-39-16-28)41-20-37(21-41)22-45-23-37)25-5-7-26(8-6-25)32(27-9-11-30(38)12-10-27)29-14-36(15-29)18-42(19-36)34(44)46-35(2,3)4/h5-13,16-17,24H,14-15,18-23H2,1-4H3,(H,40,43)/t24-/m1/s1. The first-order valence-electron chi connectivity index (χ1n) is 16.0. The molecule has 3 aliphatic heterocycles. The summed E-state index contributed by atoms with van der Waals surface area (Å²) in [7, 11) is 0. The number of rotatable bonds is 6. The van der Waals surface area contributed by atoms with Gasteiger partial charge >= 0.3 is 6.09 Å². The van der Waals surface area contributed by atoms with Crippen LogP contribution in [0.15, 0.2) is 72.6 Å². The fourth-order valence-electron chi connectivity index (χ4n) is 7.21. The van der Waals surface area contributed by atoms with Gasteiger partial charge in [-0.1, -0.05) is 42.0 Å². The van der Waals surface area contributed by atoms with Gasteiger partial charge in [0.2, 0.25) is 0 Å². The predicted octanol–water partition coefficient (Wildman–Crippen LogP) is 6.38. The number of likely N-dealkylation sites (tertiary alicyclic amines) is 1. The van der Waals surface area contributed by atoms with Crippen molar-refractivity contribution in [3.05, 3.63) is 101 Å². The highest BCUT2D eigenvalue weighted by Crippen LogP contribution is 2.55. The number of halogens is 1. The molecule has 3 aromatic rings. The summed E-state index contributed by atoms with van der Waals surface area (Å²) in [6, 6.07) is 16.6. The molecule has 1 aromatic heterocycles. The Labute approximate surface area is 269 Å². The number of benzene rings is 2. The van der Waals surface area contributed by atoms with Crippen molar-refractivity contribution in [1.82, 2.24) is 15.2 Å². The van der Waals surface area contributed by atoms with Gasteiger partial charge in [0.25, 0.3) is 5.91 Å². The van der Waals surface area contributed by atoms with Crippen LogP contribution >= 0.6 is 0 Å². The van der Waals surface area contributed by atoms with Crippen LogP contribution in [0, 0.1) is 16.6 Å². The molecule has 1 aliphatic carbocycles. The van der Waals surface area contributed by atoms with E-state index in [0.717, 1.165) is 67.1 Å². The van der Waals surface area contributed by atoms with Gasteiger partial charge in [-0.2, -0.15) is 0 Å². The lowest BCUT2D eigenvalue weighted by Gasteiger charge is -2.57. The molecule has 1 saturated carbocycles. The molecule has 2 spiro atoms. The van der Waals surface area contributed by atoms with Crippen molar-refractivity contribution in [3.8, 4) is 0 Å². The number of nitrogens with one attached hydrogen (secondary N) is 1. The van der Waals surface area contributed by atoms with Crippen LogP contribution in [0.3, 0.4) is 0 Å². The second kappa shape index (κ2) is 11.2. The normalized spacial score (nSPS) is 19.8. The first-order chi connectivity index (χ1) is 21.9. The molecule has 4 aliphatic rings. The molecule has 240 valence electrons. The summed E-state index contributed by atoms with van der Waals surface area (Å²) in [4.78, 5) is 34.1. The summed E-state index contributed by atoms with van der Waals surface area (Å²) in [5, 5.41) is 3.12. The van der Waals surface area contributed by atoms with Gasteiger partial charge in [-0.3, -0.25) is 9.78 Å². The zero-order valence-corrected chi connectivity index (χ0v) is 26.9. The Bertz CT molecular complexity index is 1670. The Balaban J connectivity index is 1.03. The SMILES string of the molecule is C[C@@H](NC(=O)c1cncc(N2CC3(COC3)C2)c1)c1ccc(C(=C2CC3(C2)CN(C(=O)OC(C)(C)C)C3)c2ccc(F)cc2)cc1. The lowest BCUT2D eigenvalue weighted by Crippen LogP contribution is -2.66. The van der Waals surface area contributed by atoms with Gasteiger partial charge in [-0.25, -0.2) is 9.18 Å². The summed E-state index contributed by atoms with van der Waals surface area (Å²) < 4.78 is 24.8. The Morgan fingerprint density at radius 1 is 0.913 bits per heavy atom. The van der Waals surface area contributed by atoms with Crippen molar-refractivity contribution >= 4 is 23.3 Å². The molecule has 0 unspecified atom stereocenters. The number of nitrogens with zero attached hydrogens (tertiary/aromatic N) is 3. The summed E-state index contributed by atoms with van der Waals surface area (Å²) in [6.45, 7) is 12.5. The molecule has 46 heavy (non-hydrogen) atoms. The number of ether oxygens (including phenoxy) is 2. The van der Waals surface area contributed by atoms with Gasteiger partial charge in [0.15, 0.2) is 0 Å². The maximum atomic E-state index is 13.9. The van der Waals surface area contributed by atoms with E-state index in [2.05, 4.69) is 27.3 Å². The molecule has 8 nitrogen and oxygen atoms in total. The van der Waals surface area contributed by atoms with E-state index in [0.29, 0.717) is 18.7 Å². The Morgan fingerprint density at radius 3 is 2.13 bits per heavy atom. The second-order valence-corrected chi connectivity index (χ2v) is 14.8. The molecule has 0 radical (unpaired) electrons. The fraction of sp³-hybridized carbons (Fsp3) is 0.432. The van der Waals surface area contributed by atoms with E-state index in [1.54, 1.807) is 11.1 Å². The van der Waals surface area contributed by atoms with E-state index in [1.165, 1.54) is 17.7 Å². The van der Waals surface area contributed by atoms with Crippen LogP contribution in [0.5, 0.6) is 0 Å². The number of hydrogen-bond donors (Lipinski definition) is 1. The minimum absolute atomic E-state index is 0.0745. The number of anilines is 1. The van der Waals surface area contributed by atoms with Crippen molar-refractivity contribution in [2.45, 2.75) is 52.2 Å². The maximum Gasteiger partial charge on any atom is 0.410 e. The highest BCUT2D eigenvalue weighted by atomic mass is 19.1. The molecule has 4 fully saturated rings. The molecule has 9 heteroatoms. The second-order valence-electron chi connectivity index (χ2n) is 14.8. The topological polar surface area (TPSA) is 84.0 Å². The van der Waals surface area contributed by atoms with Crippen LogP contribution in [0.2, 0.25) is 0 Å². The van der Waals surface area contributed by atoms with Gasteiger partial charge in [0.1, 0.15) is 11.4 Å². The van der Waals surface area contributed by atoms with Crippen molar-refractivity contribution in [3.63, 3.8) is 0 Å². The third-order valence-corrected chi connectivity index (χ3v) is 9.63. The number of aromatic nitrogens is 1. The van der Waals surface area contributed by atoms with E-state index >= 15 is 0 Å². The highest BCUT2D eigenvalue weighted by molar-refractivity contribution is 5.95. The molecular weight excluding hydrogens is 583 g/mol. The Morgan fingerprint density at radius 2 is 1.54 bits per heavy atom. The van der Waals surface area contributed by atoms with Crippen molar-refractivity contribution < 1.29 is 23.5 Å². The predicted molar refractivity (Wildman–Crippen MR) is 174 cm³/mol. The Hall–Kier alpha value is -4.24. The van der Waals surface area contributed by atoms with Gasteiger partial charge < -0.3 is 24.6 Å². The number of allylic oxidation sites excluding steroid dienone is 1. The quantitative estimate of drug-likeness (QED) is 0.343. The van der Waals surface area contributed by atoms with Crippen LogP contribution in [0.4, 0.5) is 14.9 Å². The highest BCUT2D eigenvalue weighted by Gasteiger charge is 2.53. The van der Waals surface area contributed by atoms with Crippen molar-refractivity contribution in [1.29, 1.82) is 0 Å². The smallest absolute Gasteiger partial charge is 0.410 e. The van der Waals surface area contributed by atoms with Crippen LogP contribution in [0.1, 0.15) is 73.6 Å². The van der Waals surface area contributed by atoms with Crippen LogP contribution in [-0.2, 0) is 9.47 Å². The van der Waals surface area contributed by atoms with Crippen LogP contribution in [0.25, 0.3) is 5.57 Å². The summed E-state index contributed by atoms with van der Waals surface area (Å²) >= 11 is 0. The van der Waals surface area contributed by atoms with Crippen molar-refractivity contribution in [2.75, 3.05) is 44.3 Å². The first kappa shape index (κ1) is 30.4.